The molecular formula is C16H26N4O. The van der Waals surface area contributed by atoms with Crippen LogP contribution in [0.3, 0.4) is 0 Å². The van der Waals surface area contributed by atoms with Gasteiger partial charge in [0.05, 0.1) is 6.10 Å². The smallest absolute Gasteiger partial charge is 0.137 e. The van der Waals surface area contributed by atoms with Crippen LogP contribution in [-0.4, -0.2) is 43.3 Å². The van der Waals surface area contributed by atoms with E-state index in [0.29, 0.717) is 11.8 Å². The number of hydrogen-bond acceptors (Lipinski definition) is 5. The molecule has 1 aromatic rings. The van der Waals surface area contributed by atoms with Crippen molar-refractivity contribution >= 4 is 11.6 Å². The van der Waals surface area contributed by atoms with Crippen molar-refractivity contribution in [1.82, 2.24) is 9.97 Å². The van der Waals surface area contributed by atoms with Crippen molar-refractivity contribution in [3.05, 3.63) is 11.4 Å². The molecule has 1 saturated carbocycles. The lowest BCUT2D eigenvalue weighted by atomic mass is 9.95. The summed E-state index contributed by atoms with van der Waals surface area (Å²) in [6.07, 6.45) is 3.89. The largest absolute Gasteiger partial charge is 0.379 e. The second kappa shape index (κ2) is 5.79. The van der Waals surface area contributed by atoms with Crippen LogP contribution in [0.5, 0.6) is 0 Å². The molecule has 2 aliphatic rings. The van der Waals surface area contributed by atoms with Crippen molar-refractivity contribution < 1.29 is 4.74 Å². The molecule has 2 heterocycles. The molecule has 1 aliphatic carbocycles. The highest BCUT2D eigenvalue weighted by molar-refractivity contribution is 5.59. The summed E-state index contributed by atoms with van der Waals surface area (Å²) in [5, 5.41) is 3.22. The highest BCUT2D eigenvalue weighted by Crippen LogP contribution is 2.40. The van der Waals surface area contributed by atoms with Crippen LogP contribution in [0.1, 0.15) is 43.5 Å². The topological polar surface area (TPSA) is 50.3 Å². The fourth-order valence-corrected chi connectivity index (χ4v) is 3.13. The second-order valence-electron chi connectivity index (χ2n) is 6.39. The van der Waals surface area contributed by atoms with Crippen molar-refractivity contribution in [1.29, 1.82) is 0 Å². The molecule has 0 amide bonds. The number of ether oxygens (including phenoxy) is 1. The van der Waals surface area contributed by atoms with Gasteiger partial charge in [-0.2, -0.15) is 0 Å². The molecule has 21 heavy (non-hydrogen) atoms. The first-order chi connectivity index (χ1) is 10.1. The van der Waals surface area contributed by atoms with Gasteiger partial charge in [-0.1, -0.05) is 6.92 Å². The van der Waals surface area contributed by atoms with Gasteiger partial charge in [-0.15, -0.1) is 0 Å². The Kier molecular flexibility index (Phi) is 4.02. The van der Waals surface area contributed by atoms with Crippen LogP contribution in [-0.2, 0) is 4.74 Å². The van der Waals surface area contributed by atoms with Gasteiger partial charge in [0.1, 0.15) is 17.5 Å². The van der Waals surface area contributed by atoms with Crippen LogP contribution in [0.15, 0.2) is 0 Å². The number of methoxy groups -OCH3 is 1. The average Bonchev–Trinajstić information content (AvgIpc) is 3.33. The van der Waals surface area contributed by atoms with E-state index in [1.807, 2.05) is 14.2 Å². The maximum atomic E-state index is 5.64. The highest BCUT2D eigenvalue weighted by atomic mass is 16.5. The lowest BCUT2D eigenvalue weighted by molar-refractivity contribution is 0.0496. The van der Waals surface area contributed by atoms with Gasteiger partial charge < -0.3 is 15.0 Å². The SMILES string of the molecule is CNc1nc(C2CC2)nc(N2CCC(C)C(OC)C2)c1C. The Labute approximate surface area is 127 Å². The predicted molar refractivity (Wildman–Crippen MR) is 85.1 cm³/mol. The first-order valence-electron chi connectivity index (χ1n) is 7.98. The predicted octanol–water partition coefficient (Wildman–Crippen LogP) is 2.57. The van der Waals surface area contributed by atoms with Crippen molar-refractivity contribution in [2.45, 2.75) is 45.1 Å². The number of nitrogens with zero attached hydrogens (tertiary/aromatic N) is 3. The maximum Gasteiger partial charge on any atom is 0.137 e. The Morgan fingerprint density at radius 2 is 2.00 bits per heavy atom. The third-order valence-corrected chi connectivity index (χ3v) is 4.81. The number of aromatic nitrogens is 2. The fraction of sp³-hybridized carbons (Fsp3) is 0.750. The third kappa shape index (κ3) is 2.84. The van der Waals surface area contributed by atoms with Gasteiger partial charge in [0.15, 0.2) is 0 Å². The number of rotatable bonds is 4. The van der Waals surface area contributed by atoms with Gasteiger partial charge in [0.2, 0.25) is 0 Å². The Morgan fingerprint density at radius 1 is 1.24 bits per heavy atom. The van der Waals surface area contributed by atoms with Crippen LogP contribution in [0, 0.1) is 12.8 Å². The molecule has 2 atom stereocenters. The van der Waals surface area contributed by atoms with Crippen LogP contribution < -0.4 is 10.2 Å². The molecule has 1 aromatic heterocycles. The molecule has 0 aromatic carbocycles. The summed E-state index contributed by atoms with van der Waals surface area (Å²) < 4.78 is 5.64. The van der Waals surface area contributed by atoms with Gasteiger partial charge >= 0.3 is 0 Å². The van der Waals surface area contributed by atoms with Gasteiger partial charge in [-0.05, 0) is 32.1 Å². The van der Waals surface area contributed by atoms with Crippen molar-refractivity contribution in [2.24, 2.45) is 5.92 Å². The van der Waals surface area contributed by atoms with Crippen LogP contribution in [0.4, 0.5) is 11.6 Å². The Morgan fingerprint density at radius 3 is 2.62 bits per heavy atom. The lowest BCUT2D eigenvalue weighted by Crippen LogP contribution is -2.44. The Hall–Kier alpha value is -1.36. The summed E-state index contributed by atoms with van der Waals surface area (Å²) in [4.78, 5) is 11.9. The molecule has 116 valence electrons. The molecule has 1 aliphatic heterocycles. The second-order valence-corrected chi connectivity index (χ2v) is 6.39. The van der Waals surface area contributed by atoms with Crippen molar-refractivity contribution in [3.8, 4) is 0 Å². The molecule has 0 radical (unpaired) electrons. The fourth-order valence-electron chi connectivity index (χ4n) is 3.13. The molecular weight excluding hydrogens is 264 g/mol. The number of piperidine rings is 1. The van der Waals surface area contributed by atoms with E-state index in [9.17, 15) is 0 Å². The monoisotopic (exact) mass is 290 g/mol. The van der Waals surface area contributed by atoms with Crippen molar-refractivity contribution in [2.75, 3.05) is 37.5 Å². The van der Waals surface area contributed by atoms with E-state index in [1.54, 1.807) is 0 Å². The Balaban J connectivity index is 1.91. The highest BCUT2D eigenvalue weighted by Gasteiger charge is 2.31. The van der Waals surface area contributed by atoms with Gasteiger partial charge in [-0.3, -0.25) is 0 Å². The standard InChI is InChI=1S/C16H26N4O/c1-10-7-8-20(9-13(10)21-4)16-11(2)14(17-3)18-15(19-16)12-5-6-12/h10,12-13H,5-9H2,1-4H3,(H,17,18,19). The van der Waals surface area contributed by atoms with Gasteiger partial charge in [0, 0.05) is 38.7 Å². The van der Waals surface area contributed by atoms with E-state index >= 15 is 0 Å². The maximum absolute atomic E-state index is 5.64. The van der Waals surface area contributed by atoms with E-state index in [-0.39, 0.29) is 6.10 Å². The first-order valence-corrected chi connectivity index (χ1v) is 7.98. The van der Waals surface area contributed by atoms with E-state index in [1.165, 1.54) is 12.8 Å². The van der Waals surface area contributed by atoms with Gasteiger partial charge in [0.25, 0.3) is 0 Å². The molecule has 2 unspecified atom stereocenters. The Bertz CT molecular complexity index is 515. The number of nitrogens with one attached hydrogen (secondary N) is 1. The zero-order valence-electron chi connectivity index (χ0n) is 13.5. The minimum atomic E-state index is 0.288. The van der Waals surface area contributed by atoms with E-state index in [4.69, 9.17) is 9.72 Å². The number of anilines is 2. The van der Waals surface area contributed by atoms with Crippen LogP contribution >= 0.6 is 0 Å². The zero-order valence-corrected chi connectivity index (χ0v) is 13.5. The summed E-state index contributed by atoms with van der Waals surface area (Å²) in [7, 11) is 3.75. The van der Waals surface area contributed by atoms with E-state index in [0.717, 1.165) is 42.5 Å². The van der Waals surface area contributed by atoms with Crippen LogP contribution in [0.25, 0.3) is 0 Å². The van der Waals surface area contributed by atoms with Crippen LogP contribution in [0.2, 0.25) is 0 Å². The summed E-state index contributed by atoms with van der Waals surface area (Å²) in [6.45, 7) is 6.35. The molecule has 2 fully saturated rings. The molecule has 3 rings (SSSR count). The molecule has 5 heteroatoms. The molecule has 1 saturated heterocycles. The average molecular weight is 290 g/mol. The minimum Gasteiger partial charge on any atom is -0.379 e. The summed E-state index contributed by atoms with van der Waals surface area (Å²) in [5.41, 5.74) is 1.14. The molecule has 0 spiro atoms. The van der Waals surface area contributed by atoms with E-state index in [2.05, 4.69) is 29.0 Å². The molecule has 1 N–H and O–H groups in total. The minimum absolute atomic E-state index is 0.288. The summed E-state index contributed by atoms with van der Waals surface area (Å²) in [6, 6.07) is 0. The molecule has 0 bridgehead atoms. The zero-order chi connectivity index (χ0) is 15.0. The molecule has 5 nitrogen and oxygen atoms in total. The van der Waals surface area contributed by atoms with Gasteiger partial charge in [-0.25, -0.2) is 9.97 Å². The number of hydrogen-bond donors (Lipinski definition) is 1. The lowest BCUT2D eigenvalue weighted by Gasteiger charge is -2.37. The quantitative estimate of drug-likeness (QED) is 0.923. The third-order valence-electron chi connectivity index (χ3n) is 4.81. The summed E-state index contributed by atoms with van der Waals surface area (Å²) in [5.74, 6) is 4.24. The van der Waals surface area contributed by atoms with E-state index < -0.39 is 0 Å². The normalized spacial score (nSPS) is 26.0. The first kappa shape index (κ1) is 14.6. The van der Waals surface area contributed by atoms with Crippen molar-refractivity contribution in [3.63, 3.8) is 0 Å². The summed E-state index contributed by atoms with van der Waals surface area (Å²) >= 11 is 0.